The van der Waals surface area contributed by atoms with Crippen LogP contribution in [-0.4, -0.2) is 58.4 Å². The maximum Gasteiger partial charge on any atom is 0.264 e. The van der Waals surface area contributed by atoms with Crippen molar-refractivity contribution in [1.82, 2.24) is 9.62 Å². The van der Waals surface area contributed by atoms with E-state index in [0.29, 0.717) is 28.4 Å². The maximum atomic E-state index is 12.6. The van der Waals surface area contributed by atoms with E-state index in [-0.39, 0.29) is 0 Å². The van der Waals surface area contributed by atoms with Crippen LogP contribution in [0.2, 0.25) is 0 Å². The van der Waals surface area contributed by atoms with E-state index in [0.717, 1.165) is 39.1 Å². The third-order valence-corrected chi connectivity index (χ3v) is 7.75. The van der Waals surface area contributed by atoms with Gasteiger partial charge in [0, 0.05) is 50.5 Å². The molecule has 6 nitrogen and oxygen atoms in total. The van der Waals surface area contributed by atoms with Gasteiger partial charge in [-0.2, -0.15) is 0 Å². The highest BCUT2D eigenvalue weighted by Crippen LogP contribution is 2.29. The van der Waals surface area contributed by atoms with Crippen molar-refractivity contribution in [1.29, 1.82) is 0 Å². The molecule has 32 heavy (non-hydrogen) atoms. The average molecular weight is 453 g/mol. The fraction of sp³-hybridized carbons (Fsp3) is 0.400. The van der Waals surface area contributed by atoms with Gasteiger partial charge in [-0.1, -0.05) is 42.5 Å². The number of aryl methyl sites for hydroxylation is 2. The molecule has 2 aromatic carbocycles. The molecule has 2 aliphatic heterocycles. The van der Waals surface area contributed by atoms with Crippen molar-refractivity contribution in [3.05, 3.63) is 70.8 Å². The third kappa shape index (κ3) is 4.89. The molecule has 1 N–H and O–H groups in total. The Kier molecular flexibility index (Phi) is 6.67. The number of rotatable bonds is 6. The van der Waals surface area contributed by atoms with Crippen LogP contribution in [0.4, 0.5) is 5.69 Å². The lowest BCUT2D eigenvalue weighted by Crippen LogP contribution is -2.47. The van der Waals surface area contributed by atoms with Crippen molar-refractivity contribution in [2.45, 2.75) is 27.2 Å². The second kappa shape index (κ2) is 9.46. The van der Waals surface area contributed by atoms with Gasteiger partial charge in [0.05, 0.1) is 0 Å². The summed E-state index contributed by atoms with van der Waals surface area (Å²) in [7, 11) is -3.55. The number of nitrogens with zero attached hydrogens (tertiary/aromatic N) is 3. The van der Waals surface area contributed by atoms with Crippen LogP contribution in [0.5, 0.6) is 0 Å². The largest absolute Gasteiger partial charge is 0.369 e. The Morgan fingerprint density at radius 3 is 2.41 bits per heavy atom. The Labute approximate surface area is 191 Å². The number of benzene rings is 2. The summed E-state index contributed by atoms with van der Waals surface area (Å²) in [6, 6.07) is 15.9. The summed E-state index contributed by atoms with van der Waals surface area (Å²) in [6.07, 6.45) is 0.905. The first-order valence-corrected chi connectivity index (χ1v) is 12.7. The van der Waals surface area contributed by atoms with Gasteiger partial charge in [0.15, 0.2) is 0 Å². The Morgan fingerprint density at radius 1 is 0.969 bits per heavy atom. The molecule has 2 aromatic rings. The van der Waals surface area contributed by atoms with Gasteiger partial charge in [-0.05, 0) is 49.9 Å². The van der Waals surface area contributed by atoms with Gasteiger partial charge in [-0.15, -0.1) is 0 Å². The normalized spacial score (nSPS) is 20.1. The molecule has 0 radical (unpaired) electrons. The summed E-state index contributed by atoms with van der Waals surface area (Å²) in [6.45, 7) is 11.9. The molecule has 2 heterocycles. The second-order valence-corrected chi connectivity index (χ2v) is 10.2. The zero-order valence-corrected chi connectivity index (χ0v) is 20.0. The molecule has 0 bridgehead atoms. The monoisotopic (exact) mass is 452 g/mol. The van der Waals surface area contributed by atoms with Gasteiger partial charge in [-0.3, -0.25) is 14.6 Å². The summed E-state index contributed by atoms with van der Waals surface area (Å²) < 4.78 is 27.8. The first-order valence-electron chi connectivity index (χ1n) is 11.2. The van der Waals surface area contributed by atoms with Crippen molar-refractivity contribution in [2.75, 3.05) is 44.2 Å². The van der Waals surface area contributed by atoms with E-state index in [9.17, 15) is 8.42 Å². The minimum Gasteiger partial charge on any atom is -0.369 e. The lowest BCUT2D eigenvalue weighted by molar-refractivity contribution is 0.256. The van der Waals surface area contributed by atoms with Gasteiger partial charge in [-0.25, -0.2) is 8.42 Å². The summed E-state index contributed by atoms with van der Waals surface area (Å²) in [4.78, 5) is 9.86. The van der Waals surface area contributed by atoms with Crippen molar-refractivity contribution in [2.24, 2.45) is 4.99 Å². The molecule has 0 amide bonds. The Hall–Kier alpha value is -2.64. The predicted octanol–water partition coefficient (Wildman–Crippen LogP) is 3.58. The first kappa shape index (κ1) is 22.6. The molecule has 1 fully saturated rings. The van der Waals surface area contributed by atoms with Crippen LogP contribution in [0.25, 0.3) is 4.91 Å². The zero-order chi connectivity index (χ0) is 22.7. The smallest absolute Gasteiger partial charge is 0.264 e. The van der Waals surface area contributed by atoms with E-state index in [1.807, 2.05) is 37.3 Å². The number of amidine groups is 1. The standard InChI is InChI=1S/C25H32N4O2S/c1-19-10-11-20(2)23(18-19)29-16-14-28(15-17-29)13-7-12-26-25-21(3)24(32(30,31)27-25)22-8-5-4-6-9-22/h4-6,8-11,18H,7,12-17H2,1-3H3,(H,26,27). The highest BCUT2D eigenvalue weighted by atomic mass is 32.2. The van der Waals surface area contributed by atoms with E-state index in [1.54, 1.807) is 0 Å². The van der Waals surface area contributed by atoms with E-state index >= 15 is 0 Å². The molecular weight excluding hydrogens is 420 g/mol. The molecule has 7 heteroatoms. The number of hydrogen-bond donors (Lipinski definition) is 1. The number of aliphatic imine (C=N–C) groups is 1. The van der Waals surface area contributed by atoms with Crippen LogP contribution in [0.3, 0.4) is 0 Å². The number of sulfonamides is 1. The molecule has 4 rings (SSSR count). The van der Waals surface area contributed by atoms with Crippen molar-refractivity contribution < 1.29 is 8.42 Å². The van der Waals surface area contributed by atoms with Gasteiger partial charge in [0.2, 0.25) is 0 Å². The number of hydrogen-bond acceptors (Lipinski definition) is 5. The summed E-state index contributed by atoms with van der Waals surface area (Å²) in [5.74, 6) is 0.476. The molecule has 2 aliphatic rings. The topological polar surface area (TPSA) is 65.0 Å². The third-order valence-electron chi connectivity index (χ3n) is 6.21. The summed E-state index contributed by atoms with van der Waals surface area (Å²) in [5.41, 5.74) is 5.37. The zero-order valence-electron chi connectivity index (χ0n) is 19.1. The lowest BCUT2D eigenvalue weighted by Gasteiger charge is -2.37. The van der Waals surface area contributed by atoms with E-state index in [4.69, 9.17) is 0 Å². The van der Waals surface area contributed by atoms with Crippen LogP contribution in [0.1, 0.15) is 30.0 Å². The predicted molar refractivity (Wildman–Crippen MR) is 133 cm³/mol. The van der Waals surface area contributed by atoms with Gasteiger partial charge < -0.3 is 4.90 Å². The highest BCUT2D eigenvalue weighted by molar-refractivity contribution is 8.00. The number of anilines is 1. The quantitative estimate of drug-likeness (QED) is 0.681. The van der Waals surface area contributed by atoms with Gasteiger partial charge in [0.25, 0.3) is 10.0 Å². The number of nitrogens with one attached hydrogen (secondary N) is 1. The molecule has 0 saturated carbocycles. The fourth-order valence-electron chi connectivity index (χ4n) is 4.43. The molecular formula is C25H32N4O2S. The molecule has 0 unspecified atom stereocenters. The molecule has 0 atom stereocenters. The van der Waals surface area contributed by atoms with Crippen molar-refractivity contribution in [3.8, 4) is 0 Å². The minimum absolute atomic E-state index is 0.333. The van der Waals surface area contributed by atoms with E-state index in [1.165, 1.54) is 16.8 Å². The van der Waals surface area contributed by atoms with E-state index < -0.39 is 10.0 Å². The maximum absolute atomic E-state index is 12.6. The molecule has 170 valence electrons. The minimum atomic E-state index is -3.55. The first-order chi connectivity index (χ1) is 15.3. The SMILES string of the molecule is CC1=C(c2ccccc2)S(=O)(=O)NC1=NCCCN1CCN(c2cc(C)ccc2C)CC1. The molecule has 0 spiro atoms. The van der Waals surface area contributed by atoms with Crippen LogP contribution in [0, 0.1) is 13.8 Å². The van der Waals surface area contributed by atoms with Crippen LogP contribution in [-0.2, 0) is 10.0 Å². The van der Waals surface area contributed by atoms with Gasteiger partial charge in [0.1, 0.15) is 10.7 Å². The summed E-state index contributed by atoms with van der Waals surface area (Å²) in [5, 5.41) is 0. The Morgan fingerprint density at radius 2 is 1.69 bits per heavy atom. The molecule has 0 aromatic heterocycles. The fourth-order valence-corrected chi connectivity index (χ4v) is 5.95. The number of piperazine rings is 1. The van der Waals surface area contributed by atoms with Crippen molar-refractivity contribution in [3.63, 3.8) is 0 Å². The second-order valence-electron chi connectivity index (χ2n) is 8.63. The lowest BCUT2D eigenvalue weighted by atomic mass is 10.1. The molecule has 0 aliphatic carbocycles. The molecule has 1 saturated heterocycles. The van der Waals surface area contributed by atoms with Gasteiger partial charge >= 0.3 is 0 Å². The average Bonchev–Trinajstić information content (AvgIpc) is 3.02. The van der Waals surface area contributed by atoms with Crippen LogP contribution in [0.15, 0.2) is 59.1 Å². The van der Waals surface area contributed by atoms with E-state index in [2.05, 4.69) is 51.6 Å². The summed E-state index contributed by atoms with van der Waals surface area (Å²) >= 11 is 0. The van der Waals surface area contributed by atoms with Crippen LogP contribution < -0.4 is 9.62 Å². The Balaban J connectivity index is 1.30. The Bertz CT molecular complexity index is 1130. The van der Waals surface area contributed by atoms with Crippen LogP contribution >= 0.6 is 0 Å². The highest BCUT2D eigenvalue weighted by Gasteiger charge is 2.32. The van der Waals surface area contributed by atoms with Crippen molar-refractivity contribution >= 4 is 26.5 Å².